The summed E-state index contributed by atoms with van der Waals surface area (Å²) >= 11 is 4.80. The molecule has 0 heterocycles. The van der Waals surface area contributed by atoms with Crippen LogP contribution in [0.2, 0.25) is 0 Å². The number of hydrazine groups is 1. The molecule has 0 spiro atoms. The molecule has 0 unspecified atom stereocenters. The first-order chi connectivity index (χ1) is 6.72. The van der Waals surface area contributed by atoms with Crippen LogP contribution in [-0.4, -0.2) is 11.5 Å². The highest BCUT2D eigenvalue weighted by Gasteiger charge is 1.95. The van der Waals surface area contributed by atoms with Gasteiger partial charge in [0.05, 0.1) is 0 Å². The predicted molar refractivity (Wildman–Crippen MR) is 55.0 cm³/mol. The molecule has 0 fully saturated rings. The van der Waals surface area contributed by atoms with Gasteiger partial charge in [0.25, 0.3) is 0 Å². The lowest BCUT2D eigenvalue weighted by molar-refractivity contribution is -0.110. The summed E-state index contributed by atoms with van der Waals surface area (Å²) in [6.45, 7) is 0. The lowest BCUT2D eigenvalue weighted by Crippen LogP contribution is -2.39. The fourth-order valence-electron chi connectivity index (χ4n) is 0.791. The topological polar surface area (TPSA) is 53.2 Å². The third-order valence-electron chi connectivity index (χ3n) is 1.35. The maximum atomic E-state index is 12.5. The van der Waals surface area contributed by atoms with Crippen molar-refractivity contribution in [1.82, 2.24) is 10.9 Å². The van der Waals surface area contributed by atoms with Gasteiger partial charge in [-0.3, -0.25) is 15.6 Å². The van der Waals surface area contributed by atoms with E-state index in [1.807, 2.05) is 0 Å². The second kappa shape index (κ2) is 5.13. The van der Waals surface area contributed by atoms with Gasteiger partial charge in [0, 0.05) is 5.69 Å². The molecule has 1 rings (SSSR count). The first-order valence-corrected chi connectivity index (χ1v) is 4.15. The number of halogens is 1. The van der Waals surface area contributed by atoms with Gasteiger partial charge in [0.2, 0.25) is 6.41 Å². The summed E-state index contributed by atoms with van der Waals surface area (Å²) in [7, 11) is 0. The molecule has 1 aromatic carbocycles. The summed E-state index contributed by atoms with van der Waals surface area (Å²) in [6, 6.07) is 5.67. The molecule has 14 heavy (non-hydrogen) atoms. The zero-order valence-corrected chi connectivity index (χ0v) is 7.90. The average molecular weight is 213 g/mol. The highest BCUT2D eigenvalue weighted by atomic mass is 32.1. The lowest BCUT2D eigenvalue weighted by atomic mass is 10.3. The molecule has 3 N–H and O–H groups in total. The van der Waals surface area contributed by atoms with Crippen LogP contribution >= 0.6 is 12.2 Å². The predicted octanol–water partition coefficient (Wildman–Crippen LogP) is 0.773. The number of hydrogen-bond acceptors (Lipinski definition) is 2. The van der Waals surface area contributed by atoms with E-state index < -0.39 is 0 Å². The van der Waals surface area contributed by atoms with Crippen molar-refractivity contribution in [2.24, 2.45) is 0 Å². The second-order valence-corrected chi connectivity index (χ2v) is 2.76. The molecule has 0 aliphatic heterocycles. The summed E-state index contributed by atoms with van der Waals surface area (Å²) < 4.78 is 12.5. The zero-order chi connectivity index (χ0) is 10.4. The number of carbonyl (C=O) groups excluding carboxylic acids is 1. The Morgan fingerprint density at radius 2 is 2.00 bits per heavy atom. The van der Waals surface area contributed by atoms with Crippen LogP contribution in [0.3, 0.4) is 0 Å². The number of nitrogens with one attached hydrogen (secondary N) is 3. The van der Waals surface area contributed by atoms with E-state index in [0.29, 0.717) is 12.1 Å². The number of anilines is 1. The summed E-state index contributed by atoms with van der Waals surface area (Å²) in [6.07, 6.45) is 0.457. The van der Waals surface area contributed by atoms with Crippen LogP contribution in [0.5, 0.6) is 0 Å². The Morgan fingerprint density at radius 3 is 2.57 bits per heavy atom. The van der Waals surface area contributed by atoms with Crippen LogP contribution in [0.25, 0.3) is 0 Å². The normalized spacial score (nSPS) is 8.93. The zero-order valence-electron chi connectivity index (χ0n) is 7.08. The van der Waals surface area contributed by atoms with Crippen molar-refractivity contribution in [3.8, 4) is 0 Å². The Hall–Kier alpha value is -1.69. The minimum Gasteiger partial charge on any atom is -0.331 e. The monoisotopic (exact) mass is 213 g/mol. The van der Waals surface area contributed by atoms with Crippen molar-refractivity contribution in [3.63, 3.8) is 0 Å². The van der Waals surface area contributed by atoms with Crippen LogP contribution in [0.4, 0.5) is 10.1 Å². The minimum atomic E-state index is -0.319. The van der Waals surface area contributed by atoms with Gasteiger partial charge >= 0.3 is 0 Å². The molecule has 0 atom stereocenters. The Morgan fingerprint density at radius 1 is 1.36 bits per heavy atom. The van der Waals surface area contributed by atoms with Crippen LogP contribution in [0.15, 0.2) is 24.3 Å². The summed E-state index contributed by atoms with van der Waals surface area (Å²) in [5.74, 6) is -0.319. The van der Waals surface area contributed by atoms with E-state index >= 15 is 0 Å². The molecule has 0 saturated heterocycles. The Kier molecular flexibility index (Phi) is 3.81. The van der Waals surface area contributed by atoms with E-state index in [1.165, 1.54) is 24.3 Å². The van der Waals surface area contributed by atoms with Gasteiger partial charge in [-0.1, -0.05) is 0 Å². The van der Waals surface area contributed by atoms with Crippen LogP contribution < -0.4 is 16.2 Å². The summed E-state index contributed by atoms with van der Waals surface area (Å²) in [4.78, 5) is 9.90. The van der Waals surface area contributed by atoms with Gasteiger partial charge in [-0.05, 0) is 36.5 Å². The average Bonchev–Trinajstić information content (AvgIpc) is 2.18. The number of benzene rings is 1. The molecule has 1 aromatic rings. The third-order valence-corrected chi connectivity index (χ3v) is 1.55. The third kappa shape index (κ3) is 3.36. The number of amides is 1. The molecule has 0 bridgehead atoms. The minimum absolute atomic E-state index is 0.226. The number of thiocarbonyl (C=S) groups is 1. The fourth-order valence-corrected chi connectivity index (χ4v) is 0.967. The molecule has 74 valence electrons. The fraction of sp³-hybridized carbons (Fsp3) is 0. The molecule has 0 aromatic heterocycles. The van der Waals surface area contributed by atoms with Crippen LogP contribution in [0, 0.1) is 5.82 Å². The maximum Gasteiger partial charge on any atom is 0.225 e. The van der Waals surface area contributed by atoms with E-state index in [2.05, 4.69) is 16.2 Å². The second-order valence-electron chi connectivity index (χ2n) is 2.35. The maximum absolute atomic E-state index is 12.5. The SMILES string of the molecule is O=CNNC(=S)Nc1ccc(F)cc1. The molecule has 0 aliphatic rings. The van der Waals surface area contributed by atoms with Gasteiger partial charge in [-0.25, -0.2) is 4.39 Å². The van der Waals surface area contributed by atoms with Crippen molar-refractivity contribution in [1.29, 1.82) is 0 Å². The molecule has 1 amide bonds. The van der Waals surface area contributed by atoms with Gasteiger partial charge in [0.15, 0.2) is 5.11 Å². The van der Waals surface area contributed by atoms with E-state index in [9.17, 15) is 9.18 Å². The van der Waals surface area contributed by atoms with Gasteiger partial charge < -0.3 is 5.32 Å². The standard InChI is InChI=1S/C8H8FN3OS/c9-6-1-3-7(4-2-6)11-8(14)12-10-5-13/h1-5H,(H,10,13)(H2,11,12,14). The van der Waals surface area contributed by atoms with Gasteiger partial charge in [-0.15, -0.1) is 0 Å². The van der Waals surface area contributed by atoms with E-state index in [4.69, 9.17) is 12.2 Å². The van der Waals surface area contributed by atoms with E-state index in [-0.39, 0.29) is 10.9 Å². The van der Waals surface area contributed by atoms with Crippen molar-refractivity contribution in [2.75, 3.05) is 5.32 Å². The first-order valence-electron chi connectivity index (χ1n) is 3.74. The van der Waals surface area contributed by atoms with Crippen molar-refractivity contribution < 1.29 is 9.18 Å². The molecular formula is C8H8FN3OS. The lowest BCUT2D eigenvalue weighted by Gasteiger charge is -2.08. The van der Waals surface area contributed by atoms with Gasteiger partial charge in [-0.2, -0.15) is 0 Å². The summed E-state index contributed by atoms with van der Waals surface area (Å²) in [5.41, 5.74) is 5.21. The Labute approximate surface area is 85.5 Å². The molecule has 4 nitrogen and oxygen atoms in total. The van der Waals surface area contributed by atoms with Crippen LogP contribution in [0.1, 0.15) is 0 Å². The largest absolute Gasteiger partial charge is 0.331 e. The summed E-state index contributed by atoms with van der Waals surface area (Å²) in [5, 5.41) is 2.96. The van der Waals surface area contributed by atoms with Crippen molar-refractivity contribution in [2.45, 2.75) is 0 Å². The first kappa shape index (κ1) is 10.4. The number of rotatable bonds is 3. The van der Waals surface area contributed by atoms with Crippen molar-refractivity contribution >= 4 is 29.4 Å². The van der Waals surface area contributed by atoms with Crippen LogP contribution in [-0.2, 0) is 4.79 Å². The number of hydrogen-bond donors (Lipinski definition) is 3. The van der Waals surface area contributed by atoms with E-state index in [0.717, 1.165) is 0 Å². The number of carbonyl (C=O) groups is 1. The van der Waals surface area contributed by atoms with Crippen molar-refractivity contribution in [3.05, 3.63) is 30.1 Å². The van der Waals surface area contributed by atoms with Gasteiger partial charge in [0.1, 0.15) is 5.82 Å². The van der Waals surface area contributed by atoms with E-state index in [1.54, 1.807) is 0 Å². The molecular weight excluding hydrogens is 205 g/mol. The Bertz CT molecular complexity index is 328. The smallest absolute Gasteiger partial charge is 0.225 e. The highest BCUT2D eigenvalue weighted by Crippen LogP contribution is 2.07. The molecule has 0 saturated carbocycles. The molecule has 0 radical (unpaired) electrons. The molecule has 6 heteroatoms. The highest BCUT2D eigenvalue weighted by molar-refractivity contribution is 7.80. The Balaban J connectivity index is 2.47. The molecule has 0 aliphatic carbocycles. The quantitative estimate of drug-likeness (QED) is 0.394.